The number of benzene rings is 2. The minimum absolute atomic E-state index is 0.248. The molecule has 0 atom stereocenters. The first-order chi connectivity index (χ1) is 11.6. The number of primary amides is 1. The van der Waals surface area contributed by atoms with Crippen LogP contribution in [0.4, 0.5) is 5.69 Å². The lowest BCUT2D eigenvalue weighted by molar-refractivity contribution is 0.0998. The fraction of sp³-hybridized carbons (Fsp3) is 0.222. The van der Waals surface area contributed by atoms with Crippen LogP contribution in [0.25, 0.3) is 0 Å². The van der Waals surface area contributed by atoms with Crippen molar-refractivity contribution in [3.63, 3.8) is 0 Å². The zero-order valence-corrected chi connectivity index (χ0v) is 13.5. The van der Waals surface area contributed by atoms with Crippen molar-refractivity contribution in [3.05, 3.63) is 59.7 Å². The van der Waals surface area contributed by atoms with Gasteiger partial charge in [-0.3, -0.25) is 9.59 Å². The van der Waals surface area contributed by atoms with Crippen molar-refractivity contribution in [2.45, 2.75) is 6.92 Å². The van der Waals surface area contributed by atoms with Crippen LogP contribution in [0.3, 0.4) is 0 Å². The molecule has 2 rings (SSSR count). The molecule has 2 aromatic rings. The summed E-state index contributed by atoms with van der Waals surface area (Å²) in [6.07, 6.45) is 0. The van der Waals surface area contributed by atoms with Crippen LogP contribution in [0.15, 0.2) is 48.5 Å². The lowest BCUT2D eigenvalue weighted by Gasteiger charge is -2.08. The molecule has 0 saturated heterocycles. The van der Waals surface area contributed by atoms with E-state index in [1.54, 1.807) is 48.5 Å². The van der Waals surface area contributed by atoms with Crippen LogP contribution >= 0.6 is 0 Å². The van der Waals surface area contributed by atoms with Gasteiger partial charge < -0.3 is 20.5 Å². The van der Waals surface area contributed by atoms with E-state index in [0.29, 0.717) is 42.4 Å². The van der Waals surface area contributed by atoms with E-state index in [0.717, 1.165) is 0 Å². The van der Waals surface area contributed by atoms with E-state index in [2.05, 4.69) is 5.32 Å². The van der Waals surface area contributed by atoms with Gasteiger partial charge in [-0.2, -0.15) is 0 Å². The molecule has 24 heavy (non-hydrogen) atoms. The van der Waals surface area contributed by atoms with Crippen LogP contribution in [0.1, 0.15) is 27.6 Å². The van der Waals surface area contributed by atoms with Crippen LogP contribution in [-0.4, -0.2) is 31.6 Å². The fourth-order valence-electron chi connectivity index (χ4n) is 1.99. The van der Waals surface area contributed by atoms with Gasteiger partial charge in [0, 0.05) is 23.4 Å². The Balaban J connectivity index is 1.91. The predicted molar refractivity (Wildman–Crippen MR) is 91.3 cm³/mol. The van der Waals surface area contributed by atoms with Gasteiger partial charge in [0.1, 0.15) is 12.4 Å². The quantitative estimate of drug-likeness (QED) is 0.728. The number of amides is 2. The van der Waals surface area contributed by atoms with Crippen LogP contribution in [-0.2, 0) is 4.74 Å². The molecule has 0 unspecified atom stereocenters. The third-order valence-electron chi connectivity index (χ3n) is 3.24. The van der Waals surface area contributed by atoms with Gasteiger partial charge in [-0.15, -0.1) is 0 Å². The maximum absolute atomic E-state index is 12.2. The number of rotatable bonds is 8. The van der Waals surface area contributed by atoms with Gasteiger partial charge >= 0.3 is 0 Å². The number of nitrogens with two attached hydrogens (primary N) is 1. The molecule has 0 spiro atoms. The maximum Gasteiger partial charge on any atom is 0.255 e. The minimum Gasteiger partial charge on any atom is -0.491 e. The SMILES string of the molecule is CCOCCOc1ccc(C(=O)Nc2ccc(C(N)=O)cc2)cc1. The van der Waals surface area contributed by atoms with Gasteiger partial charge in [-0.25, -0.2) is 0 Å². The van der Waals surface area contributed by atoms with Gasteiger partial charge in [-0.05, 0) is 55.5 Å². The zero-order valence-electron chi connectivity index (χ0n) is 13.5. The Morgan fingerprint density at radius 3 is 2.17 bits per heavy atom. The van der Waals surface area contributed by atoms with Crippen molar-refractivity contribution in [2.75, 3.05) is 25.1 Å². The molecule has 2 aromatic carbocycles. The Morgan fingerprint density at radius 2 is 1.58 bits per heavy atom. The zero-order chi connectivity index (χ0) is 17.4. The highest BCUT2D eigenvalue weighted by atomic mass is 16.5. The topological polar surface area (TPSA) is 90.7 Å². The molecular formula is C18H20N2O4. The number of ether oxygens (including phenoxy) is 2. The Hall–Kier alpha value is -2.86. The summed E-state index contributed by atoms with van der Waals surface area (Å²) in [7, 11) is 0. The summed E-state index contributed by atoms with van der Waals surface area (Å²) in [5, 5.41) is 2.75. The smallest absolute Gasteiger partial charge is 0.255 e. The number of anilines is 1. The average Bonchev–Trinajstić information content (AvgIpc) is 2.59. The average molecular weight is 328 g/mol. The lowest BCUT2D eigenvalue weighted by atomic mass is 10.1. The van der Waals surface area contributed by atoms with Crippen molar-refractivity contribution in [1.82, 2.24) is 0 Å². The molecular weight excluding hydrogens is 308 g/mol. The molecule has 3 N–H and O–H groups in total. The summed E-state index contributed by atoms with van der Waals surface area (Å²) in [6.45, 7) is 3.57. The van der Waals surface area contributed by atoms with Crippen LogP contribution in [0.2, 0.25) is 0 Å². The molecule has 2 amide bonds. The molecule has 0 aliphatic rings. The largest absolute Gasteiger partial charge is 0.491 e. The monoisotopic (exact) mass is 328 g/mol. The molecule has 0 bridgehead atoms. The normalized spacial score (nSPS) is 10.2. The lowest BCUT2D eigenvalue weighted by Crippen LogP contribution is -2.13. The first kappa shape index (κ1) is 17.5. The van der Waals surface area contributed by atoms with Crippen LogP contribution in [0, 0.1) is 0 Å². The fourth-order valence-corrected chi connectivity index (χ4v) is 1.99. The summed E-state index contributed by atoms with van der Waals surface area (Å²) in [4.78, 5) is 23.2. The number of hydrogen-bond acceptors (Lipinski definition) is 4. The first-order valence-electron chi connectivity index (χ1n) is 7.62. The van der Waals surface area contributed by atoms with E-state index in [4.69, 9.17) is 15.2 Å². The summed E-state index contributed by atoms with van der Waals surface area (Å²) in [5.41, 5.74) is 6.66. The number of carbonyl (C=O) groups is 2. The van der Waals surface area contributed by atoms with E-state index in [9.17, 15) is 9.59 Å². The molecule has 126 valence electrons. The Morgan fingerprint density at radius 1 is 0.958 bits per heavy atom. The standard InChI is InChI=1S/C18H20N2O4/c1-2-23-11-12-24-16-9-5-14(6-10-16)18(22)20-15-7-3-13(4-8-15)17(19)21/h3-10H,2,11-12H2,1H3,(H2,19,21)(H,20,22). The van der Waals surface area contributed by atoms with Gasteiger partial charge in [0.2, 0.25) is 5.91 Å². The highest BCUT2D eigenvalue weighted by Gasteiger charge is 2.07. The maximum atomic E-state index is 12.2. The van der Waals surface area contributed by atoms with Crippen molar-refractivity contribution < 1.29 is 19.1 Å². The Bertz CT molecular complexity index is 681. The second-order valence-electron chi connectivity index (χ2n) is 4.97. The van der Waals surface area contributed by atoms with Gasteiger partial charge in [0.05, 0.1) is 6.61 Å². The Kier molecular flexibility index (Phi) is 6.33. The molecule has 0 fully saturated rings. The van der Waals surface area contributed by atoms with Gasteiger partial charge in [-0.1, -0.05) is 0 Å². The Labute approximate surface area is 140 Å². The van der Waals surface area contributed by atoms with Gasteiger partial charge in [0.15, 0.2) is 0 Å². The van der Waals surface area contributed by atoms with Crippen molar-refractivity contribution in [2.24, 2.45) is 5.73 Å². The van der Waals surface area contributed by atoms with E-state index in [1.165, 1.54) is 0 Å². The number of carbonyl (C=O) groups excluding carboxylic acids is 2. The summed E-state index contributed by atoms with van der Waals surface area (Å²) in [5.74, 6) is -0.0763. The van der Waals surface area contributed by atoms with E-state index in [1.807, 2.05) is 6.92 Å². The molecule has 0 radical (unpaired) electrons. The van der Waals surface area contributed by atoms with E-state index < -0.39 is 5.91 Å². The second-order valence-corrected chi connectivity index (χ2v) is 4.97. The summed E-state index contributed by atoms with van der Waals surface area (Å²) < 4.78 is 10.7. The minimum atomic E-state index is -0.507. The van der Waals surface area contributed by atoms with E-state index >= 15 is 0 Å². The number of nitrogens with one attached hydrogen (secondary N) is 1. The number of hydrogen-bond donors (Lipinski definition) is 2. The van der Waals surface area contributed by atoms with Gasteiger partial charge in [0.25, 0.3) is 5.91 Å². The van der Waals surface area contributed by atoms with Crippen molar-refractivity contribution in [3.8, 4) is 5.75 Å². The summed E-state index contributed by atoms with van der Waals surface area (Å²) >= 11 is 0. The van der Waals surface area contributed by atoms with Crippen LogP contribution < -0.4 is 15.8 Å². The molecule has 0 saturated carbocycles. The first-order valence-corrected chi connectivity index (χ1v) is 7.62. The predicted octanol–water partition coefficient (Wildman–Crippen LogP) is 2.45. The molecule has 6 nitrogen and oxygen atoms in total. The van der Waals surface area contributed by atoms with Crippen LogP contribution in [0.5, 0.6) is 5.75 Å². The van der Waals surface area contributed by atoms with E-state index in [-0.39, 0.29) is 5.91 Å². The molecule has 6 heteroatoms. The highest BCUT2D eigenvalue weighted by molar-refractivity contribution is 6.04. The highest BCUT2D eigenvalue weighted by Crippen LogP contribution is 2.15. The van der Waals surface area contributed by atoms with Crippen molar-refractivity contribution in [1.29, 1.82) is 0 Å². The molecule has 0 heterocycles. The second kappa shape index (κ2) is 8.69. The molecule has 0 aliphatic carbocycles. The summed E-state index contributed by atoms with van der Waals surface area (Å²) in [6, 6.07) is 13.2. The molecule has 0 aliphatic heterocycles. The third kappa shape index (κ3) is 5.10. The van der Waals surface area contributed by atoms with Crippen molar-refractivity contribution >= 4 is 17.5 Å². The third-order valence-corrected chi connectivity index (χ3v) is 3.24. The molecule has 0 aromatic heterocycles.